The second kappa shape index (κ2) is 6.35. The average Bonchev–Trinajstić information content (AvgIpc) is 2.43. The van der Waals surface area contributed by atoms with Gasteiger partial charge < -0.3 is 5.32 Å². The zero-order chi connectivity index (χ0) is 14.7. The van der Waals surface area contributed by atoms with Crippen molar-refractivity contribution in [1.82, 2.24) is 9.97 Å². The number of rotatable bonds is 4. The minimum Gasteiger partial charge on any atom is -0.370 e. The second-order valence-corrected chi connectivity index (χ2v) is 5.85. The first kappa shape index (κ1) is 15.0. The summed E-state index contributed by atoms with van der Waals surface area (Å²) in [5.74, 6) is 1.71. The van der Waals surface area contributed by atoms with Gasteiger partial charge in [0, 0.05) is 27.8 Å². The van der Waals surface area contributed by atoms with Gasteiger partial charge in [0.05, 0.1) is 0 Å². The van der Waals surface area contributed by atoms with Gasteiger partial charge in [0.25, 0.3) is 0 Å². The quantitative estimate of drug-likeness (QED) is 0.884. The van der Waals surface area contributed by atoms with E-state index < -0.39 is 0 Å². The Bertz CT molecular complexity index is 623. The predicted molar refractivity (Wildman–Crippen MR) is 88.2 cm³/mol. The Balaban J connectivity index is 2.45. The van der Waals surface area contributed by atoms with E-state index in [9.17, 15) is 0 Å². The van der Waals surface area contributed by atoms with Crippen LogP contribution in [0, 0.1) is 20.8 Å². The molecule has 0 spiro atoms. The highest BCUT2D eigenvalue weighted by Crippen LogP contribution is 2.26. The van der Waals surface area contributed by atoms with E-state index in [4.69, 9.17) is 0 Å². The third kappa shape index (κ3) is 3.18. The van der Waals surface area contributed by atoms with Crippen molar-refractivity contribution in [2.45, 2.75) is 34.1 Å². The summed E-state index contributed by atoms with van der Waals surface area (Å²) in [7, 11) is 0. The molecule has 0 saturated carbocycles. The summed E-state index contributed by atoms with van der Waals surface area (Å²) in [6.07, 6.45) is 1.08. The monoisotopic (exact) mass is 333 g/mol. The Labute approximate surface area is 129 Å². The highest BCUT2D eigenvalue weighted by molar-refractivity contribution is 9.10. The van der Waals surface area contributed by atoms with Crippen LogP contribution in [0.25, 0.3) is 11.4 Å². The Morgan fingerprint density at radius 1 is 1.15 bits per heavy atom. The van der Waals surface area contributed by atoms with Gasteiger partial charge in [0.2, 0.25) is 0 Å². The van der Waals surface area contributed by atoms with Crippen LogP contribution >= 0.6 is 15.9 Å². The lowest BCUT2D eigenvalue weighted by Crippen LogP contribution is -2.07. The van der Waals surface area contributed by atoms with Gasteiger partial charge in [-0.15, -0.1) is 0 Å². The number of aromatic nitrogens is 2. The van der Waals surface area contributed by atoms with Crippen LogP contribution in [0.15, 0.2) is 22.7 Å². The molecule has 1 aromatic carbocycles. The third-order valence-electron chi connectivity index (χ3n) is 3.36. The molecule has 1 heterocycles. The predicted octanol–water partition coefficient (Wildman–Crippen LogP) is 4.65. The molecule has 0 aliphatic carbocycles. The molecule has 0 aliphatic rings. The largest absolute Gasteiger partial charge is 0.370 e. The van der Waals surface area contributed by atoms with E-state index in [0.29, 0.717) is 0 Å². The minimum absolute atomic E-state index is 0.771. The standard InChI is InChI=1S/C16H20BrN3/c1-5-8-18-15-11(3)12(4)19-16(20-15)13-7-6-10(2)14(17)9-13/h6-7,9H,5,8H2,1-4H3,(H,18,19,20). The SMILES string of the molecule is CCCNc1nc(-c2ccc(C)c(Br)c2)nc(C)c1C. The number of hydrogen-bond donors (Lipinski definition) is 1. The van der Waals surface area contributed by atoms with Crippen molar-refractivity contribution in [3.63, 3.8) is 0 Å². The van der Waals surface area contributed by atoms with Crippen molar-refractivity contribution < 1.29 is 0 Å². The molecule has 0 aliphatic heterocycles. The zero-order valence-corrected chi connectivity index (χ0v) is 14.0. The summed E-state index contributed by atoms with van der Waals surface area (Å²) in [5.41, 5.74) is 4.38. The summed E-state index contributed by atoms with van der Waals surface area (Å²) in [4.78, 5) is 9.28. The lowest BCUT2D eigenvalue weighted by Gasteiger charge is -2.12. The van der Waals surface area contributed by atoms with E-state index in [1.165, 1.54) is 5.56 Å². The molecule has 0 bridgehead atoms. The molecule has 0 radical (unpaired) electrons. The van der Waals surface area contributed by atoms with Gasteiger partial charge >= 0.3 is 0 Å². The van der Waals surface area contributed by atoms with Gasteiger partial charge in [0.1, 0.15) is 5.82 Å². The summed E-state index contributed by atoms with van der Waals surface area (Å²) >= 11 is 3.57. The summed E-state index contributed by atoms with van der Waals surface area (Å²) in [6, 6.07) is 6.22. The van der Waals surface area contributed by atoms with Gasteiger partial charge in [0.15, 0.2) is 5.82 Å². The second-order valence-electron chi connectivity index (χ2n) is 5.00. The highest BCUT2D eigenvalue weighted by atomic mass is 79.9. The number of hydrogen-bond acceptors (Lipinski definition) is 3. The molecule has 4 heteroatoms. The molecule has 0 atom stereocenters. The van der Waals surface area contributed by atoms with Crippen LogP contribution in [0.4, 0.5) is 5.82 Å². The van der Waals surface area contributed by atoms with Crippen molar-refractivity contribution >= 4 is 21.7 Å². The molecular formula is C16H20BrN3. The van der Waals surface area contributed by atoms with Crippen LogP contribution in [-0.2, 0) is 0 Å². The average molecular weight is 334 g/mol. The van der Waals surface area contributed by atoms with Gasteiger partial charge in [-0.25, -0.2) is 9.97 Å². The van der Waals surface area contributed by atoms with Gasteiger partial charge in [-0.1, -0.05) is 35.0 Å². The van der Waals surface area contributed by atoms with Gasteiger partial charge in [-0.3, -0.25) is 0 Å². The van der Waals surface area contributed by atoms with Crippen molar-refractivity contribution in [3.8, 4) is 11.4 Å². The number of aryl methyl sites for hydroxylation is 2. The number of benzene rings is 1. The molecular weight excluding hydrogens is 314 g/mol. The molecule has 106 valence electrons. The van der Waals surface area contributed by atoms with Crippen LogP contribution in [0.1, 0.15) is 30.2 Å². The topological polar surface area (TPSA) is 37.8 Å². The Morgan fingerprint density at radius 3 is 2.55 bits per heavy atom. The molecule has 0 amide bonds. The lowest BCUT2D eigenvalue weighted by atomic mass is 10.1. The first-order chi connectivity index (χ1) is 9.52. The fraction of sp³-hybridized carbons (Fsp3) is 0.375. The maximum absolute atomic E-state index is 4.67. The molecule has 1 aromatic heterocycles. The van der Waals surface area contributed by atoms with Crippen LogP contribution in [0.5, 0.6) is 0 Å². The van der Waals surface area contributed by atoms with Crippen molar-refractivity contribution in [3.05, 3.63) is 39.5 Å². The van der Waals surface area contributed by atoms with Gasteiger partial charge in [-0.05, 0) is 38.8 Å². The maximum atomic E-state index is 4.67. The van der Waals surface area contributed by atoms with Crippen molar-refractivity contribution in [2.24, 2.45) is 0 Å². The van der Waals surface area contributed by atoms with Crippen LogP contribution in [0.3, 0.4) is 0 Å². The normalized spacial score (nSPS) is 10.7. The van der Waals surface area contributed by atoms with Crippen LogP contribution in [-0.4, -0.2) is 16.5 Å². The fourth-order valence-corrected chi connectivity index (χ4v) is 2.28. The number of nitrogens with zero attached hydrogens (tertiary/aromatic N) is 2. The molecule has 2 rings (SSSR count). The van der Waals surface area contributed by atoms with Crippen molar-refractivity contribution in [1.29, 1.82) is 0 Å². The maximum Gasteiger partial charge on any atom is 0.161 e. The van der Waals surface area contributed by atoms with E-state index >= 15 is 0 Å². The Hall–Kier alpha value is -1.42. The van der Waals surface area contributed by atoms with Crippen molar-refractivity contribution in [2.75, 3.05) is 11.9 Å². The fourth-order valence-electron chi connectivity index (χ4n) is 1.91. The first-order valence-corrected chi connectivity index (χ1v) is 7.68. The smallest absolute Gasteiger partial charge is 0.161 e. The molecule has 2 aromatic rings. The molecule has 0 unspecified atom stereocenters. The molecule has 0 saturated heterocycles. The Morgan fingerprint density at radius 2 is 1.90 bits per heavy atom. The van der Waals surface area contributed by atoms with Gasteiger partial charge in [-0.2, -0.15) is 0 Å². The number of halogens is 1. The summed E-state index contributed by atoms with van der Waals surface area (Å²) < 4.78 is 1.08. The third-order valence-corrected chi connectivity index (χ3v) is 4.22. The summed E-state index contributed by atoms with van der Waals surface area (Å²) in [5, 5.41) is 3.38. The van der Waals surface area contributed by atoms with Crippen LogP contribution in [0.2, 0.25) is 0 Å². The molecule has 3 nitrogen and oxygen atoms in total. The summed E-state index contributed by atoms with van der Waals surface area (Å²) in [6.45, 7) is 9.23. The van der Waals surface area contributed by atoms with E-state index in [-0.39, 0.29) is 0 Å². The molecule has 20 heavy (non-hydrogen) atoms. The Kier molecular flexibility index (Phi) is 4.76. The lowest BCUT2D eigenvalue weighted by molar-refractivity contribution is 0.954. The van der Waals surface area contributed by atoms with E-state index in [2.05, 4.69) is 70.2 Å². The van der Waals surface area contributed by atoms with E-state index in [1.54, 1.807) is 0 Å². The van der Waals surface area contributed by atoms with E-state index in [0.717, 1.165) is 45.9 Å². The molecule has 0 fully saturated rings. The number of anilines is 1. The van der Waals surface area contributed by atoms with E-state index in [1.807, 2.05) is 6.92 Å². The minimum atomic E-state index is 0.771. The zero-order valence-electron chi connectivity index (χ0n) is 12.4. The number of nitrogens with one attached hydrogen (secondary N) is 1. The van der Waals surface area contributed by atoms with Crippen LogP contribution < -0.4 is 5.32 Å². The molecule has 1 N–H and O–H groups in total. The first-order valence-electron chi connectivity index (χ1n) is 6.88. The highest BCUT2D eigenvalue weighted by Gasteiger charge is 2.10.